The quantitative estimate of drug-likeness (QED) is 0.248. The minimum Gasteiger partial charge on any atom is -0.379 e. The number of rotatable bonds is 9. The molecule has 0 unspecified atom stereocenters. The average Bonchev–Trinajstić information content (AvgIpc) is 3.34. The van der Waals surface area contributed by atoms with E-state index in [4.69, 9.17) is 4.74 Å². The Labute approximate surface area is 240 Å². The molecule has 0 spiro atoms. The molecule has 1 aromatic heterocycles. The molecule has 0 bridgehead atoms. The summed E-state index contributed by atoms with van der Waals surface area (Å²) in [6.45, 7) is 5.46. The summed E-state index contributed by atoms with van der Waals surface area (Å²) in [6.07, 6.45) is 0.838. The van der Waals surface area contributed by atoms with Crippen LogP contribution in [-0.4, -0.2) is 66.8 Å². The van der Waals surface area contributed by atoms with E-state index in [-0.39, 0.29) is 36.8 Å². The fraction of sp³-hybridized carbons (Fsp3) is 0.310. The predicted octanol–water partition coefficient (Wildman–Crippen LogP) is 6.53. The second kappa shape index (κ2) is 15.0. The van der Waals surface area contributed by atoms with Gasteiger partial charge in [0.2, 0.25) is 0 Å². The minimum atomic E-state index is -0.0952. The first-order chi connectivity index (χ1) is 17.8. The van der Waals surface area contributed by atoms with Crippen molar-refractivity contribution in [2.45, 2.75) is 12.3 Å². The van der Waals surface area contributed by atoms with Gasteiger partial charge in [-0.3, -0.25) is 10.2 Å². The summed E-state index contributed by atoms with van der Waals surface area (Å²) in [5, 5.41) is 3.71. The number of aromatic nitrogens is 1. The van der Waals surface area contributed by atoms with Crippen LogP contribution in [-0.2, 0) is 4.74 Å². The van der Waals surface area contributed by atoms with E-state index in [0.717, 1.165) is 49.5 Å². The van der Waals surface area contributed by atoms with Crippen LogP contribution < -0.4 is 5.32 Å². The van der Waals surface area contributed by atoms with Gasteiger partial charge in [0, 0.05) is 38.6 Å². The van der Waals surface area contributed by atoms with Crippen molar-refractivity contribution >= 4 is 57.5 Å². The molecule has 0 saturated carbocycles. The average molecular weight is 574 g/mol. The van der Waals surface area contributed by atoms with Crippen LogP contribution >= 0.6 is 36.2 Å². The molecule has 6 nitrogen and oxygen atoms in total. The number of carbonyl (C=O) groups is 1. The van der Waals surface area contributed by atoms with E-state index < -0.39 is 0 Å². The first kappa shape index (κ1) is 29.9. The summed E-state index contributed by atoms with van der Waals surface area (Å²) in [6, 6.07) is 29.0. The van der Waals surface area contributed by atoms with Gasteiger partial charge in [0.15, 0.2) is 5.13 Å². The number of thiazole rings is 1. The molecule has 3 aromatic carbocycles. The highest BCUT2D eigenvalue weighted by Gasteiger charge is 2.21. The molecular weight excluding hydrogens is 539 g/mol. The Bertz CT molecular complexity index is 1180. The summed E-state index contributed by atoms with van der Waals surface area (Å²) in [5.41, 5.74) is 3.44. The lowest BCUT2D eigenvalue weighted by Gasteiger charge is -2.31. The molecule has 1 fully saturated rings. The van der Waals surface area contributed by atoms with Crippen molar-refractivity contribution in [2.75, 3.05) is 51.3 Å². The van der Waals surface area contributed by atoms with Crippen LogP contribution in [0.4, 0.5) is 9.93 Å². The number of fused-ring (bicyclic) bond motifs is 1. The Balaban J connectivity index is 0.00000200. The number of benzene rings is 3. The lowest BCUT2D eigenvalue weighted by atomic mass is 9.88. The number of hydrogen-bond acceptors (Lipinski definition) is 5. The number of anilines is 1. The van der Waals surface area contributed by atoms with Gasteiger partial charge < -0.3 is 9.64 Å². The van der Waals surface area contributed by atoms with Crippen LogP contribution in [0.1, 0.15) is 23.5 Å². The SMILES string of the molecule is Cl.Cl.O=C(Nc1nc2ccccc2s1)N(CCC(c1ccccc1)c1ccccc1)CCN1CCOCC1. The standard InChI is InChI=1S/C29H32N4O2S.2ClH/c34-29(31-28-30-26-13-7-8-14-27(26)36-28)33(18-17-32-19-21-35-22-20-32)16-15-25(23-9-3-1-4-10-23)24-11-5-2-6-12-24;;/h1-14,25H,15-22H2,(H,30,31,34);2*1H. The molecule has 0 atom stereocenters. The Kier molecular flexibility index (Phi) is 11.8. The maximum Gasteiger partial charge on any atom is 0.323 e. The van der Waals surface area contributed by atoms with Crippen LogP contribution in [0.5, 0.6) is 0 Å². The van der Waals surface area contributed by atoms with Gasteiger partial charge in [-0.25, -0.2) is 9.78 Å². The molecule has 2 heterocycles. The summed E-state index contributed by atoms with van der Waals surface area (Å²) in [7, 11) is 0. The van der Waals surface area contributed by atoms with Gasteiger partial charge in [-0.1, -0.05) is 84.1 Å². The summed E-state index contributed by atoms with van der Waals surface area (Å²) < 4.78 is 6.57. The van der Waals surface area contributed by atoms with Gasteiger partial charge in [-0.15, -0.1) is 24.8 Å². The van der Waals surface area contributed by atoms with Gasteiger partial charge >= 0.3 is 6.03 Å². The van der Waals surface area contributed by atoms with Gasteiger partial charge in [-0.2, -0.15) is 0 Å². The maximum absolute atomic E-state index is 13.5. The van der Waals surface area contributed by atoms with Gasteiger partial charge in [-0.05, 0) is 29.7 Å². The molecule has 1 aliphatic heterocycles. The van der Waals surface area contributed by atoms with E-state index in [9.17, 15) is 4.79 Å². The number of ether oxygens (including phenoxy) is 1. The molecule has 0 aliphatic carbocycles. The topological polar surface area (TPSA) is 57.7 Å². The van der Waals surface area contributed by atoms with E-state index in [0.29, 0.717) is 18.2 Å². The van der Waals surface area contributed by atoms with E-state index in [2.05, 4.69) is 63.7 Å². The number of halogens is 2. The third-order valence-corrected chi connectivity index (χ3v) is 7.63. The fourth-order valence-electron chi connectivity index (χ4n) is 4.68. The first-order valence-electron chi connectivity index (χ1n) is 12.6. The van der Waals surface area contributed by atoms with Crippen LogP contribution in [0.25, 0.3) is 10.2 Å². The zero-order valence-corrected chi connectivity index (χ0v) is 23.6. The highest BCUT2D eigenvalue weighted by atomic mass is 35.5. The molecule has 1 saturated heterocycles. The van der Waals surface area contributed by atoms with E-state index in [1.165, 1.54) is 22.5 Å². The lowest BCUT2D eigenvalue weighted by Crippen LogP contribution is -2.44. The van der Waals surface area contributed by atoms with Crippen molar-refractivity contribution in [1.82, 2.24) is 14.8 Å². The number of morpholine rings is 1. The van der Waals surface area contributed by atoms with E-state index in [1.54, 1.807) is 0 Å². The van der Waals surface area contributed by atoms with Crippen LogP contribution in [0.3, 0.4) is 0 Å². The molecule has 1 N–H and O–H groups in total. The van der Waals surface area contributed by atoms with Gasteiger partial charge in [0.1, 0.15) is 0 Å². The summed E-state index contributed by atoms with van der Waals surface area (Å²) >= 11 is 1.51. The number of carbonyl (C=O) groups excluding carboxylic acids is 1. The molecule has 4 aromatic rings. The molecule has 0 radical (unpaired) electrons. The third-order valence-electron chi connectivity index (χ3n) is 6.68. The van der Waals surface area contributed by atoms with Crippen molar-refractivity contribution in [2.24, 2.45) is 0 Å². The number of para-hydroxylation sites is 1. The number of amides is 2. The molecule has 5 rings (SSSR count). The monoisotopic (exact) mass is 572 g/mol. The molecule has 2 amide bonds. The number of urea groups is 1. The fourth-order valence-corrected chi connectivity index (χ4v) is 5.53. The smallest absolute Gasteiger partial charge is 0.323 e. The number of nitrogens with zero attached hydrogens (tertiary/aromatic N) is 3. The minimum absolute atomic E-state index is 0. The molecule has 1 aliphatic rings. The molecule has 202 valence electrons. The second-order valence-electron chi connectivity index (χ2n) is 9.02. The van der Waals surface area contributed by atoms with Gasteiger partial charge in [0.25, 0.3) is 0 Å². The van der Waals surface area contributed by atoms with Crippen LogP contribution in [0.2, 0.25) is 0 Å². The number of nitrogens with one attached hydrogen (secondary N) is 1. The van der Waals surface area contributed by atoms with E-state index in [1.807, 2.05) is 41.3 Å². The Morgan fingerprint density at radius 3 is 2.13 bits per heavy atom. The second-order valence-corrected chi connectivity index (χ2v) is 10.1. The third kappa shape index (κ3) is 7.91. The van der Waals surface area contributed by atoms with Crippen LogP contribution in [0.15, 0.2) is 84.9 Å². The zero-order valence-electron chi connectivity index (χ0n) is 21.2. The predicted molar refractivity (Wildman–Crippen MR) is 161 cm³/mol. The Morgan fingerprint density at radius 2 is 1.50 bits per heavy atom. The molecule has 38 heavy (non-hydrogen) atoms. The highest BCUT2D eigenvalue weighted by Crippen LogP contribution is 2.29. The highest BCUT2D eigenvalue weighted by molar-refractivity contribution is 7.22. The van der Waals surface area contributed by atoms with Crippen molar-refractivity contribution in [3.8, 4) is 0 Å². The molecule has 9 heteroatoms. The van der Waals surface area contributed by atoms with Crippen molar-refractivity contribution in [3.63, 3.8) is 0 Å². The van der Waals surface area contributed by atoms with Crippen LogP contribution in [0, 0.1) is 0 Å². The van der Waals surface area contributed by atoms with Crippen molar-refractivity contribution in [3.05, 3.63) is 96.1 Å². The maximum atomic E-state index is 13.5. The number of hydrogen-bond donors (Lipinski definition) is 1. The molecular formula is C29H34Cl2N4O2S. The van der Waals surface area contributed by atoms with Crippen molar-refractivity contribution in [1.29, 1.82) is 0 Å². The largest absolute Gasteiger partial charge is 0.379 e. The lowest BCUT2D eigenvalue weighted by molar-refractivity contribution is 0.0351. The zero-order chi connectivity index (χ0) is 24.6. The first-order valence-corrected chi connectivity index (χ1v) is 13.4. The van der Waals surface area contributed by atoms with Crippen molar-refractivity contribution < 1.29 is 9.53 Å². The Morgan fingerprint density at radius 1 is 0.895 bits per heavy atom. The van der Waals surface area contributed by atoms with Gasteiger partial charge in [0.05, 0.1) is 23.4 Å². The summed E-state index contributed by atoms with van der Waals surface area (Å²) in [4.78, 5) is 22.4. The van der Waals surface area contributed by atoms with E-state index >= 15 is 0 Å². The Hall–Kier alpha value is -2.68. The summed E-state index contributed by atoms with van der Waals surface area (Å²) in [5.74, 6) is 0.216. The normalized spacial score (nSPS) is 13.5.